The normalized spacial score (nSPS) is 22.9. The minimum absolute atomic E-state index is 0.257. The van der Waals surface area contributed by atoms with Crippen molar-refractivity contribution in [2.45, 2.75) is 38.3 Å². The summed E-state index contributed by atoms with van der Waals surface area (Å²) in [6, 6.07) is 1.15. The maximum absolute atomic E-state index is 11.9. The Labute approximate surface area is 122 Å². The first kappa shape index (κ1) is 13.6. The van der Waals surface area contributed by atoms with Gasteiger partial charge >= 0.3 is 5.97 Å². The smallest absolute Gasteiger partial charge is 0.344 e. The predicted molar refractivity (Wildman–Crippen MR) is 79.1 cm³/mol. The first-order valence-corrected chi connectivity index (χ1v) is 7.89. The molecule has 1 saturated heterocycles. The molecule has 1 unspecified atom stereocenters. The lowest BCUT2D eigenvalue weighted by molar-refractivity contribution is 0.0529. The molecule has 0 spiro atoms. The highest BCUT2D eigenvalue weighted by Crippen LogP contribution is 2.33. The summed E-state index contributed by atoms with van der Waals surface area (Å²) in [5, 5.41) is 4.16. The number of carbonyl (C=O) groups is 1. The molecule has 1 aliphatic carbocycles. The third-order valence-electron chi connectivity index (χ3n) is 3.82. The number of anilines is 2. The Kier molecular flexibility index (Phi) is 3.80. The molecule has 2 fully saturated rings. The van der Waals surface area contributed by atoms with Gasteiger partial charge in [-0.15, -0.1) is 0 Å². The molecule has 1 saturated carbocycles. The molecular formula is C13H20N4O2S. The lowest BCUT2D eigenvalue weighted by Crippen LogP contribution is -2.28. The monoisotopic (exact) mass is 296 g/mol. The van der Waals surface area contributed by atoms with Gasteiger partial charge in [-0.25, -0.2) is 4.79 Å². The Morgan fingerprint density at radius 1 is 1.55 bits per heavy atom. The van der Waals surface area contributed by atoms with Gasteiger partial charge in [-0.3, -0.25) is 4.90 Å². The molecule has 6 nitrogen and oxygen atoms in total. The maximum atomic E-state index is 11.9. The van der Waals surface area contributed by atoms with Gasteiger partial charge in [0.2, 0.25) is 0 Å². The molecule has 3 N–H and O–H groups in total. The lowest BCUT2D eigenvalue weighted by Gasteiger charge is -2.16. The number of nitrogens with two attached hydrogens (primary N) is 1. The van der Waals surface area contributed by atoms with Crippen LogP contribution in [0.2, 0.25) is 0 Å². The van der Waals surface area contributed by atoms with Crippen LogP contribution in [-0.4, -0.2) is 47.0 Å². The molecular weight excluding hydrogens is 276 g/mol. The second-order valence-electron chi connectivity index (χ2n) is 5.35. The SMILES string of the molecule is CCOC(=O)c1c(N)nsc1NC1CCN(C2CC2)C1. The van der Waals surface area contributed by atoms with Crippen LogP contribution in [0.5, 0.6) is 0 Å². The third kappa shape index (κ3) is 2.73. The zero-order valence-corrected chi connectivity index (χ0v) is 12.4. The average molecular weight is 296 g/mol. The van der Waals surface area contributed by atoms with Gasteiger partial charge in [0, 0.05) is 25.2 Å². The number of esters is 1. The van der Waals surface area contributed by atoms with Crippen LogP contribution in [0.1, 0.15) is 36.5 Å². The van der Waals surface area contributed by atoms with E-state index in [9.17, 15) is 4.79 Å². The van der Waals surface area contributed by atoms with Gasteiger partial charge in [-0.05, 0) is 37.7 Å². The number of nitrogens with zero attached hydrogens (tertiary/aromatic N) is 2. The predicted octanol–water partition coefficient (Wildman–Crippen LogP) is 1.55. The number of nitrogens with one attached hydrogen (secondary N) is 1. The van der Waals surface area contributed by atoms with Crippen molar-refractivity contribution in [3.8, 4) is 0 Å². The quantitative estimate of drug-likeness (QED) is 0.803. The van der Waals surface area contributed by atoms with Crippen molar-refractivity contribution in [3.63, 3.8) is 0 Å². The van der Waals surface area contributed by atoms with Gasteiger partial charge in [-0.1, -0.05) is 0 Å². The van der Waals surface area contributed by atoms with E-state index in [4.69, 9.17) is 10.5 Å². The van der Waals surface area contributed by atoms with Crippen molar-refractivity contribution < 1.29 is 9.53 Å². The zero-order valence-electron chi connectivity index (χ0n) is 11.6. The number of aromatic nitrogens is 1. The Bertz CT molecular complexity index is 501. The molecule has 0 bridgehead atoms. The topological polar surface area (TPSA) is 80.5 Å². The van der Waals surface area contributed by atoms with Crippen molar-refractivity contribution in [1.82, 2.24) is 9.27 Å². The molecule has 1 atom stereocenters. The number of hydrogen-bond donors (Lipinski definition) is 2. The van der Waals surface area contributed by atoms with Crippen LogP contribution in [0.25, 0.3) is 0 Å². The molecule has 0 radical (unpaired) electrons. The van der Waals surface area contributed by atoms with Crippen molar-refractivity contribution in [1.29, 1.82) is 0 Å². The second kappa shape index (κ2) is 5.57. The van der Waals surface area contributed by atoms with E-state index in [1.165, 1.54) is 24.4 Å². The summed E-state index contributed by atoms with van der Waals surface area (Å²) in [5.41, 5.74) is 6.17. The molecule has 7 heteroatoms. The number of rotatable bonds is 5. The fourth-order valence-electron chi connectivity index (χ4n) is 2.66. The highest BCUT2D eigenvalue weighted by Gasteiger charge is 2.35. The van der Waals surface area contributed by atoms with Crippen LogP contribution in [0.15, 0.2) is 0 Å². The maximum Gasteiger partial charge on any atom is 0.344 e. The Morgan fingerprint density at radius 3 is 3.05 bits per heavy atom. The zero-order chi connectivity index (χ0) is 14.1. The van der Waals surface area contributed by atoms with Crippen LogP contribution in [-0.2, 0) is 4.74 Å². The summed E-state index contributed by atoms with van der Waals surface area (Å²) in [6.45, 7) is 4.29. The summed E-state index contributed by atoms with van der Waals surface area (Å²) in [7, 11) is 0. The Morgan fingerprint density at radius 2 is 2.35 bits per heavy atom. The summed E-state index contributed by atoms with van der Waals surface area (Å²) in [6.07, 6.45) is 3.75. The van der Waals surface area contributed by atoms with Crippen molar-refractivity contribution in [2.75, 3.05) is 30.7 Å². The van der Waals surface area contributed by atoms with Crippen LogP contribution < -0.4 is 11.1 Å². The molecule has 1 aliphatic heterocycles. The minimum Gasteiger partial charge on any atom is -0.462 e. The number of carbonyl (C=O) groups excluding carboxylic acids is 1. The number of hydrogen-bond acceptors (Lipinski definition) is 7. The molecule has 3 rings (SSSR count). The highest BCUT2D eigenvalue weighted by atomic mass is 32.1. The fourth-order valence-corrected chi connectivity index (χ4v) is 3.44. The van der Waals surface area contributed by atoms with Crippen LogP contribution >= 0.6 is 11.5 Å². The van der Waals surface area contributed by atoms with Crippen LogP contribution in [0.4, 0.5) is 10.8 Å². The molecule has 1 aromatic rings. The highest BCUT2D eigenvalue weighted by molar-refractivity contribution is 7.11. The van der Waals surface area contributed by atoms with Crippen LogP contribution in [0, 0.1) is 0 Å². The number of ether oxygens (including phenoxy) is 1. The van der Waals surface area contributed by atoms with Crippen molar-refractivity contribution in [3.05, 3.63) is 5.56 Å². The average Bonchev–Trinajstić information content (AvgIpc) is 3.06. The van der Waals surface area contributed by atoms with E-state index in [-0.39, 0.29) is 5.82 Å². The van der Waals surface area contributed by atoms with Gasteiger partial charge in [0.25, 0.3) is 0 Å². The molecule has 0 amide bonds. The molecule has 2 aliphatic rings. The van der Waals surface area contributed by atoms with E-state index >= 15 is 0 Å². The Hall–Kier alpha value is -1.34. The largest absolute Gasteiger partial charge is 0.462 e. The fraction of sp³-hybridized carbons (Fsp3) is 0.692. The second-order valence-corrected chi connectivity index (χ2v) is 6.12. The molecule has 20 heavy (non-hydrogen) atoms. The van der Waals surface area contributed by atoms with Gasteiger partial charge in [0.05, 0.1) is 6.61 Å². The van der Waals surface area contributed by atoms with E-state index < -0.39 is 5.97 Å². The summed E-state index contributed by atoms with van der Waals surface area (Å²) < 4.78 is 9.11. The Balaban J connectivity index is 1.66. The van der Waals surface area contributed by atoms with Crippen molar-refractivity contribution >= 4 is 28.3 Å². The molecule has 0 aromatic carbocycles. The summed E-state index contributed by atoms with van der Waals surface area (Å²) in [5.74, 6) is -0.133. The lowest BCUT2D eigenvalue weighted by atomic mass is 10.2. The summed E-state index contributed by atoms with van der Waals surface area (Å²) >= 11 is 1.24. The first-order chi connectivity index (χ1) is 9.69. The van der Waals surface area contributed by atoms with Crippen LogP contribution in [0.3, 0.4) is 0 Å². The van der Waals surface area contributed by atoms with E-state index in [1.807, 2.05) is 0 Å². The third-order valence-corrected chi connectivity index (χ3v) is 4.61. The molecule has 110 valence electrons. The number of nitrogen functional groups attached to an aromatic ring is 1. The van der Waals surface area contributed by atoms with Gasteiger partial charge in [0.1, 0.15) is 10.6 Å². The minimum atomic E-state index is -0.390. The van der Waals surface area contributed by atoms with E-state index in [2.05, 4.69) is 14.6 Å². The molecule has 1 aromatic heterocycles. The van der Waals surface area contributed by atoms with E-state index in [0.717, 1.165) is 30.6 Å². The first-order valence-electron chi connectivity index (χ1n) is 7.12. The number of likely N-dealkylation sites (tertiary alicyclic amines) is 1. The van der Waals surface area contributed by atoms with E-state index in [0.29, 0.717) is 18.2 Å². The van der Waals surface area contributed by atoms with E-state index in [1.54, 1.807) is 6.92 Å². The van der Waals surface area contributed by atoms with Gasteiger partial charge < -0.3 is 15.8 Å². The molecule has 2 heterocycles. The van der Waals surface area contributed by atoms with Gasteiger partial charge in [0.15, 0.2) is 5.82 Å². The standard InChI is InChI=1S/C13H20N4O2S/c1-2-19-13(18)10-11(14)16-20-12(10)15-8-5-6-17(7-8)9-3-4-9/h8-9,15H,2-7H2,1H3,(H2,14,16). The summed E-state index contributed by atoms with van der Waals surface area (Å²) in [4.78, 5) is 14.4. The van der Waals surface area contributed by atoms with Gasteiger partial charge in [-0.2, -0.15) is 4.37 Å². The van der Waals surface area contributed by atoms with Crippen molar-refractivity contribution in [2.24, 2.45) is 0 Å².